The summed E-state index contributed by atoms with van der Waals surface area (Å²) in [7, 11) is 2.10. The van der Waals surface area contributed by atoms with Crippen LogP contribution in [0.2, 0.25) is 0 Å². The standard InChI is InChI=1S/C16H20N8/c1-12(13-3-5-14(6-4-13)23-11-17-10-18-23)22(2)9-16-19-20-21-24(16)15-7-8-15/h3-6,10-12,15H,7-9H2,1-2H3/t12-/m0/s1. The van der Waals surface area contributed by atoms with Gasteiger partial charge < -0.3 is 0 Å². The fraction of sp³-hybridized carbons (Fsp3) is 0.438. The fourth-order valence-electron chi connectivity index (χ4n) is 2.78. The molecule has 8 heteroatoms. The maximum absolute atomic E-state index is 4.18. The Bertz CT molecular complexity index is 788. The molecule has 4 rings (SSSR count). The van der Waals surface area contributed by atoms with Crippen LogP contribution in [0.5, 0.6) is 0 Å². The van der Waals surface area contributed by atoms with Crippen LogP contribution < -0.4 is 0 Å². The van der Waals surface area contributed by atoms with Crippen molar-refractivity contribution in [1.82, 2.24) is 39.9 Å². The van der Waals surface area contributed by atoms with E-state index in [4.69, 9.17) is 0 Å². The number of nitrogens with zero attached hydrogens (tertiary/aromatic N) is 8. The molecule has 1 atom stereocenters. The number of aromatic nitrogens is 7. The highest BCUT2D eigenvalue weighted by atomic mass is 15.6. The van der Waals surface area contributed by atoms with Crippen LogP contribution in [0.1, 0.15) is 43.2 Å². The lowest BCUT2D eigenvalue weighted by atomic mass is 10.1. The van der Waals surface area contributed by atoms with Crippen molar-refractivity contribution in [3.8, 4) is 5.69 Å². The highest BCUT2D eigenvalue weighted by Gasteiger charge is 2.28. The first-order chi connectivity index (χ1) is 11.7. The molecule has 0 unspecified atom stereocenters. The van der Waals surface area contributed by atoms with Crippen LogP contribution in [0.15, 0.2) is 36.9 Å². The lowest BCUT2D eigenvalue weighted by Crippen LogP contribution is -2.24. The summed E-state index contributed by atoms with van der Waals surface area (Å²) in [6, 6.07) is 9.13. The second-order valence-electron chi connectivity index (χ2n) is 6.29. The highest BCUT2D eigenvalue weighted by Crippen LogP contribution is 2.34. The molecule has 1 saturated carbocycles. The molecule has 0 N–H and O–H groups in total. The summed E-state index contributed by atoms with van der Waals surface area (Å²) in [5, 5.41) is 16.3. The molecule has 2 heterocycles. The van der Waals surface area contributed by atoms with Crippen LogP contribution in [0.3, 0.4) is 0 Å². The summed E-state index contributed by atoms with van der Waals surface area (Å²) in [5.41, 5.74) is 2.25. The number of hydrogen-bond donors (Lipinski definition) is 0. The molecule has 1 aliphatic rings. The first-order valence-electron chi connectivity index (χ1n) is 8.14. The van der Waals surface area contributed by atoms with Crippen molar-refractivity contribution >= 4 is 0 Å². The number of benzene rings is 1. The quantitative estimate of drug-likeness (QED) is 0.688. The SMILES string of the molecule is C[C@@H](c1ccc(-n2cncn2)cc1)N(C)Cc1nnnn1C1CC1. The Kier molecular flexibility index (Phi) is 3.81. The van der Waals surface area contributed by atoms with E-state index in [9.17, 15) is 0 Å². The predicted molar refractivity (Wildman–Crippen MR) is 87.3 cm³/mol. The molecule has 1 fully saturated rings. The molecule has 24 heavy (non-hydrogen) atoms. The third-order valence-electron chi connectivity index (χ3n) is 4.56. The molecule has 0 bridgehead atoms. The lowest BCUT2D eigenvalue weighted by Gasteiger charge is -2.24. The van der Waals surface area contributed by atoms with Crippen molar-refractivity contribution in [2.45, 2.75) is 38.4 Å². The van der Waals surface area contributed by atoms with Crippen LogP contribution in [0, 0.1) is 0 Å². The zero-order chi connectivity index (χ0) is 16.5. The zero-order valence-corrected chi connectivity index (χ0v) is 13.8. The van der Waals surface area contributed by atoms with Gasteiger partial charge in [0.25, 0.3) is 0 Å². The third-order valence-corrected chi connectivity index (χ3v) is 4.56. The minimum Gasteiger partial charge on any atom is -0.292 e. The van der Waals surface area contributed by atoms with Gasteiger partial charge >= 0.3 is 0 Å². The lowest BCUT2D eigenvalue weighted by molar-refractivity contribution is 0.241. The van der Waals surface area contributed by atoms with Gasteiger partial charge in [-0.1, -0.05) is 12.1 Å². The van der Waals surface area contributed by atoms with Crippen molar-refractivity contribution in [3.63, 3.8) is 0 Å². The minimum absolute atomic E-state index is 0.263. The molecule has 0 radical (unpaired) electrons. The Morgan fingerprint density at radius 2 is 2.04 bits per heavy atom. The van der Waals surface area contributed by atoms with Crippen molar-refractivity contribution in [2.75, 3.05) is 7.05 Å². The molecule has 0 spiro atoms. The van der Waals surface area contributed by atoms with Crippen LogP contribution in [0.4, 0.5) is 0 Å². The van der Waals surface area contributed by atoms with Crippen molar-refractivity contribution in [1.29, 1.82) is 0 Å². The van der Waals surface area contributed by atoms with E-state index in [0.29, 0.717) is 6.04 Å². The third kappa shape index (κ3) is 2.92. The molecule has 2 aromatic heterocycles. The second kappa shape index (κ2) is 6.12. The average Bonchev–Trinajstić information content (AvgIpc) is 3.11. The number of rotatable bonds is 6. The maximum atomic E-state index is 4.18. The van der Waals surface area contributed by atoms with Crippen molar-refractivity contribution in [2.24, 2.45) is 0 Å². The van der Waals surface area contributed by atoms with Gasteiger partial charge in [-0.25, -0.2) is 14.3 Å². The van der Waals surface area contributed by atoms with E-state index >= 15 is 0 Å². The molecule has 0 saturated heterocycles. The molecule has 0 amide bonds. The van der Waals surface area contributed by atoms with Gasteiger partial charge in [-0.15, -0.1) is 5.10 Å². The van der Waals surface area contributed by atoms with Crippen LogP contribution >= 0.6 is 0 Å². The highest BCUT2D eigenvalue weighted by molar-refractivity contribution is 5.34. The zero-order valence-electron chi connectivity index (χ0n) is 13.8. The molecule has 8 nitrogen and oxygen atoms in total. The molecular weight excluding hydrogens is 304 g/mol. The van der Waals surface area contributed by atoms with Gasteiger partial charge in [-0.05, 0) is 54.9 Å². The van der Waals surface area contributed by atoms with Gasteiger partial charge in [0.05, 0.1) is 18.3 Å². The number of tetrazole rings is 1. The van der Waals surface area contributed by atoms with Gasteiger partial charge in [-0.2, -0.15) is 5.10 Å². The Hall–Kier alpha value is -2.61. The summed E-state index contributed by atoms with van der Waals surface area (Å²) in [5.74, 6) is 0.936. The summed E-state index contributed by atoms with van der Waals surface area (Å²) >= 11 is 0. The van der Waals surface area contributed by atoms with Gasteiger partial charge in [-0.3, -0.25) is 4.90 Å². The van der Waals surface area contributed by atoms with Crippen molar-refractivity contribution in [3.05, 3.63) is 48.3 Å². The normalized spacial score (nSPS) is 15.8. The minimum atomic E-state index is 0.263. The molecule has 124 valence electrons. The summed E-state index contributed by atoms with van der Waals surface area (Å²) in [6.45, 7) is 2.92. The fourth-order valence-corrected chi connectivity index (χ4v) is 2.78. The summed E-state index contributed by atoms with van der Waals surface area (Å²) < 4.78 is 3.72. The monoisotopic (exact) mass is 324 g/mol. The van der Waals surface area contributed by atoms with Crippen LogP contribution in [-0.4, -0.2) is 46.9 Å². The largest absolute Gasteiger partial charge is 0.292 e. The van der Waals surface area contributed by atoms with Gasteiger partial charge in [0.2, 0.25) is 0 Å². The maximum Gasteiger partial charge on any atom is 0.165 e. The van der Waals surface area contributed by atoms with E-state index in [0.717, 1.165) is 18.1 Å². The Morgan fingerprint density at radius 3 is 2.71 bits per heavy atom. The molecule has 1 aromatic carbocycles. The van der Waals surface area contributed by atoms with Gasteiger partial charge in [0.1, 0.15) is 12.7 Å². The Morgan fingerprint density at radius 1 is 1.25 bits per heavy atom. The molecule has 3 aromatic rings. The van der Waals surface area contributed by atoms with E-state index in [1.807, 2.05) is 4.68 Å². The van der Waals surface area contributed by atoms with E-state index in [1.54, 1.807) is 11.0 Å². The van der Waals surface area contributed by atoms with Crippen LogP contribution in [0.25, 0.3) is 5.69 Å². The van der Waals surface area contributed by atoms with Crippen LogP contribution in [-0.2, 0) is 6.54 Å². The predicted octanol–water partition coefficient (Wildman–Crippen LogP) is 1.78. The molecule has 0 aliphatic heterocycles. The van der Waals surface area contributed by atoms with E-state index in [-0.39, 0.29) is 6.04 Å². The smallest absolute Gasteiger partial charge is 0.165 e. The Balaban J connectivity index is 1.46. The van der Waals surface area contributed by atoms with Crippen molar-refractivity contribution < 1.29 is 0 Å². The van der Waals surface area contributed by atoms with Gasteiger partial charge in [0.15, 0.2) is 5.82 Å². The van der Waals surface area contributed by atoms with E-state index < -0.39 is 0 Å². The van der Waals surface area contributed by atoms with E-state index in [1.165, 1.54) is 24.7 Å². The van der Waals surface area contributed by atoms with Gasteiger partial charge in [0, 0.05) is 6.04 Å². The second-order valence-corrected chi connectivity index (χ2v) is 6.29. The number of hydrogen-bond acceptors (Lipinski definition) is 6. The molecular formula is C16H20N8. The Labute approximate surface area is 140 Å². The summed E-state index contributed by atoms with van der Waals surface area (Å²) in [4.78, 5) is 6.24. The van der Waals surface area contributed by atoms with E-state index in [2.05, 4.69) is 68.7 Å². The first-order valence-corrected chi connectivity index (χ1v) is 8.14. The molecule has 1 aliphatic carbocycles. The summed E-state index contributed by atoms with van der Waals surface area (Å²) in [6.07, 6.45) is 5.60. The average molecular weight is 324 g/mol. The first kappa shape index (κ1) is 14.9. The topological polar surface area (TPSA) is 77.6 Å².